The lowest BCUT2D eigenvalue weighted by molar-refractivity contribution is -0.130. The second kappa shape index (κ2) is 8.15. The van der Waals surface area contributed by atoms with E-state index >= 15 is 0 Å². The minimum Gasteiger partial charge on any atom is -0.423 e. The minimum atomic E-state index is -0.510. The molecule has 0 radical (unpaired) electrons. The van der Waals surface area contributed by atoms with Gasteiger partial charge in [-0.3, -0.25) is 0 Å². The molecule has 3 aromatic carbocycles. The van der Waals surface area contributed by atoms with Gasteiger partial charge in [0.1, 0.15) is 11.5 Å². The van der Waals surface area contributed by atoms with Crippen LogP contribution in [0, 0.1) is 0 Å². The van der Waals surface area contributed by atoms with Crippen molar-refractivity contribution in [2.45, 2.75) is 6.92 Å². The van der Waals surface area contributed by atoms with Crippen LogP contribution < -0.4 is 9.47 Å². The SMILES string of the molecule is C=C(C)C(=O)Oc1ccc(C(=O)Oc2ccc(-c3ccccc3)cc2)cc1. The van der Waals surface area contributed by atoms with Crippen molar-refractivity contribution in [3.8, 4) is 22.6 Å². The first-order valence-corrected chi connectivity index (χ1v) is 8.38. The van der Waals surface area contributed by atoms with Gasteiger partial charge in [-0.2, -0.15) is 0 Å². The highest BCUT2D eigenvalue weighted by atomic mass is 16.5. The molecule has 0 amide bonds. The maximum atomic E-state index is 12.3. The van der Waals surface area contributed by atoms with Crippen molar-refractivity contribution < 1.29 is 19.1 Å². The molecule has 0 aromatic heterocycles. The molecule has 0 aliphatic heterocycles. The van der Waals surface area contributed by atoms with Crippen LogP contribution in [0.5, 0.6) is 11.5 Å². The Morgan fingerprint density at radius 2 is 1.22 bits per heavy atom. The van der Waals surface area contributed by atoms with Crippen molar-refractivity contribution in [1.29, 1.82) is 0 Å². The van der Waals surface area contributed by atoms with Crippen LogP contribution in [-0.2, 0) is 4.79 Å². The Morgan fingerprint density at radius 1 is 0.704 bits per heavy atom. The first-order valence-electron chi connectivity index (χ1n) is 8.38. The zero-order valence-corrected chi connectivity index (χ0v) is 14.8. The summed E-state index contributed by atoms with van der Waals surface area (Å²) in [5.41, 5.74) is 2.80. The lowest BCUT2D eigenvalue weighted by atomic mass is 10.1. The Labute approximate surface area is 157 Å². The number of carbonyl (C=O) groups excluding carboxylic acids is 2. The van der Waals surface area contributed by atoms with Gasteiger partial charge >= 0.3 is 11.9 Å². The second-order valence-electron chi connectivity index (χ2n) is 5.97. The molecular formula is C23H18O4. The van der Waals surface area contributed by atoms with Gasteiger partial charge in [0.15, 0.2) is 0 Å². The molecule has 0 bridgehead atoms. The summed E-state index contributed by atoms with van der Waals surface area (Å²) in [6.07, 6.45) is 0. The molecule has 0 saturated heterocycles. The number of rotatable bonds is 5. The van der Waals surface area contributed by atoms with Crippen LogP contribution in [0.4, 0.5) is 0 Å². The van der Waals surface area contributed by atoms with Gasteiger partial charge in [-0.25, -0.2) is 9.59 Å². The molecule has 0 atom stereocenters. The topological polar surface area (TPSA) is 52.6 Å². The van der Waals surface area contributed by atoms with Crippen molar-refractivity contribution >= 4 is 11.9 Å². The molecule has 134 valence electrons. The first-order chi connectivity index (χ1) is 13.0. The standard InChI is InChI=1S/C23H18O4/c1-16(2)22(24)26-20-14-10-19(11-15-20)23(25)27-21-12-8-18(9-13-21)17-6-4-3-5-7-17/h3-15H,1H2,2H3. The molecule has 0 saturated carbocycles. The highest BCUT2D eigenvalue weighted by Gasteiger charge is 2.11. The number of hydrogen-bond acceptors (Lipinski definition) is 4. The summed E-state index contributed by atoms with van der Waals surface area (Å²) >= 11 is 0. The molecule has 0 fully saturated rings. The maximum Gasteiger partial charge on any atom is 0.343 e. The number of benzene rings is 3. The highest BCUT2D eigenvalue weighted by molar-refractivity contribution is 5.92. The predicted molar refractivity (Wildman–Crippen MR) is 104 cm³/mol. The van der Waals surface area contributed by atoms with Gasteiger partial charge in [0.2, 0.25) is 0 Å². The molecule has 4 heteroatoms. The normalized spacial score (nSPS) is 10.1. The maximum absolute atomic E-state index is 12.3. The molecule has 0 spiro atoms. The van der Waals surface area contributed by atoms with Gasteiger partial charge in [0.05, 0.1) is 5.56 Å². The van der Waals surface area contributed by atoms with Crippen LogP contribution in [0.15, 0.2) is 91.0 Å². The lowest BCUT2D eigenvalue weighted by Crippen LogP contribution is -2.10. The molecule has 3 aromatic rings. The summed E-state index contributed by atoms with van der Waals surface area (Å²) in [5.74, 6) is -0.201. The number of hydrogen-bond donors (Lipinski definition) is 0. The molecule has 0 unspecified atom stereocenters. The summed E-state index contributed by atoms with van der Waals surface area (Å²) in [6.45, 7) is 5.09. The van der Waals surface area contributed by atoms with Crippen molar-refractivity contribution in [2.24, 2.45) is 0 Å². The Bertz CT molecular complexity index is 956. The molecule has 0 aliphatic rings. The van der Waals surface area contributed by atoms with E-state index in [4.69, 9.17) is 9.47 Å². The monoisotopic (exact) mass is 358 g/mol. The molecule has 0 aliphatic carbocycles. The van der Waals surface area contributed by atoms with Crippen molar-refractivity contribution in [1.82, 2.24) is 0 Å². The second-order valence-corrected chi connectivity index (χ2v) is 5.97. The Morgan fingerprint density at radius 3 is 1.81 bits per heavy atom. The van der Waals surface area contributed by atoms with E-state index in [0.29, 0.717) is 22.6 Å². The molecule has 0 N–H and O–H groups in total. The third-order valence-electron chi connectivity index (χ3n) is 3.82. The van der Waals surface area contributed by atoms with E-state index < -0.39 is 11.9 Å². The van der Waals surface area contributed by atoms with E-state index in [0.717, 1.165) is 11.1 Å². The van der Waals surface area contributed by atoms with E-state index in [2.05, 4.69) is 6.58 Å². The van der Waals surface area contributed by atoms with Crippen LogP contribution in [0.2, 0.25) is 0 Å². The molecular weight excluding hydrogens is 340 g/mol. The fraction of sp³-hybridized carbons (Fsp3) is 0.0435. The lowest BCUT2D eigenvalue weighted by Gasteiger charge is -2.07. The number of ether oxygens (including phenoxy) is 2. The fourth-order valence-corrected chi connectivity index (χ4v) is 2.37. The van der Waals surface area contributed by atoms with E-state index in [9.17, 15) is 9.59 Å². The first kappa shape index (κ1) is 18.1. The van der Waals surface area contributed by atoms with E-state index in [-0.39, 0.29) is 0 Å². The Hall–Kier alpha value is -3.66. The van der Waals surface area contributed by atoms with Crippen LogP contribution >= 0.6 is 0 Å². The van der Waals surface area contributed by atoms with E-state index in [1.54, 1.807) is 31.2 Å². The minimum absolute atomic E-state index is 0.303. The molecule has 0 heterocycles. The van der Waals surface area contributed by atoms with Gasteiger partial charge in [0, 0.05) is 5.57 Å². The zero-order chi connectivity index (χ0) is 19.2. The number of esters is 2. The summed E-state index contributed by atoms with van der Waals surface area (Å²) in [4.78, 5) is 23.8. The van der Waals surface area contributed by atoms with Crippen LogP contribution in [-0.4, -0.2) is 11.9 Å². The summed E-state index contributed by atoms with van der Waals surface area (Å²) < 4.78 is 10.5. The van der Waals surface area contributed by atoms with Crippen LogP contribution in [0.3, 0.4) is 0 Å². The predicted octanol–water partition coefficient (Wildman–Crippen LogP) is 5.05. The smallest absolute Gasteiger partial charge is 0.343 e. The fourth-order valence-electron chi connectivity index (χ4n) is 2.37. The van der Waals surface area contributed by atoms with Crippen LogP contribution in [0.1, 0.15) is 17.3 Å². The van der Waals surface area contributed by atoms with Crippen molar-refractivity contribution in [3.63, 3.8) is 0 Å². The Kier molecular flexibility index (Phi) is 5.47. The van der Waals surface area contributed by atoms with Gasteiger partial charge in [-0.15, -0.1) is 0 Å². The van der Waals surface area contributed by atoms with E-state index in [1.807, 2.05) is 42.5 Å². The van der Waals surface area contributed by atoms with E-state index in [1.165, 1.54) is 12.1 Å². The van der Waals surface area contributed by atoms with Gasteiger partial charge in [-0.1, -0.05) is 49.0 Å². The van der Waals surface area contributed by atoms with Crippen LogP contribution in [0.25, 0.3) is 11.1 Å². The average molecular weight is 358 g/mol. The summed E-state index contributed by atoms with van der Waals surface area (Å²) in [5, 5.41) is 0. The molecule has 27 heavy (non-hydrogen) atoms. The molecule has 3 rings (SSSR count). The van der Waals surface area contributed by atoms with Gasteiger partial charge in [0.25, 0.3) is 0 Å². The third-order valence-corrected chi connectivity index (χ3v) is 3.82. The molecule has 4 nitrogen and oxygen atoms in total. The summed E-state index contributed by atoms with van der Waals surface area (Å²) in [7, 11) is 0. The Balaban J connectivity index is 1.65. The third kappa shape index (κ3) is 4.70. The zero-order valence-electron chi connectivity index (χ0n) is 14.8. The van der Waals surface area contributed by atoms with Gasteiger partial charge in [-0.05, 0) is 54.4 Å². The quantitative estimate of drug-likeness (QED) is 0.364. The number of carbonyl (C=O) groups is 2. The average Bonchev–Trinajstić information content (AvgIpc) is 2.69. The largest absolute Gasteiger partial charge is 0.423 e. The van der Waals surface area contributed by atoms with Crippen molar-refractivity contribution in [3.05, 3.63) is 96.6 Å². The van der Waals surface area contributed by atoms with Crippen molar-refractivity contribution in [2.75, 3.05) is 0 Å². The van der Waals surface area contributed by atoms with Gasteiger partial charge < -0.3 is 9.47 Å². The highest BCUT2D eigenvalue weighted by Crippen LogP contribution is 2.23. The summed E-state index contributed by atoms with van der Waals surface area (Å²) in [6, 6.07) is 23.4.